The van der Waals surface area contributed by atoms with Crippen molar-refractivity contribution in [1.29, 1.82) is 0 Å². The second kappa shape index (κ2) is 7.42. The fraction of sp³-hybridized carbons (Fsp3) is 0.375. The van der Waals surface area contributed by atoms with E-state index >= 15 is 0 Å². The summed E-state index contributed by atoms with van der Waals surface area (Å²) in [5.74, 6) is 0. The highest BCUT2D eigenvalue weighted by molar-refractivity contribution is 7.99. The van der Waals surface area contributed by atoms with E-state index in [2.05, 4.69) is 14.7 Å². The van der Waals surface area contributed by atoms with Gasteiger partial charge < -0.3 is 0 Å². The van der Waals surface area contributed by atoms with Crippen LogP contribution in [0.5, 0.6) is 0 Å². The summed E-state index contributed by atoms with van der Waals surface area (Å²) < 4.78 is 28.0. The molecule has 7 heteroatoms. The zero-order chi connectivity index (χ0) is 16.1. The van der Waals surface area contributed by atoms with Gasteiger partial charge in [-0.1, -0.05) is 42.8 Å². The minimum absolute atomic E-state index is 0.0947. The molecule has 0 saturated heterocycles. The largest absolute Gasteiger partial charge is 0.240 e. The first-order valence-corrected chi connectivity index (χ1v) is 10.0. The van der Waals surface area contributed by atoms with E-state index in [0.717, 1.165) is 25.7 Å². The molecule has 5 nitrogen and oxygen atoms in total. The van der Waals surface area contributed by atoms with Gasteiger partial charge in [-0.3, -0.25) is 0 Å². The fourth-order valence-corrected chi connectivity index (χ4v) is 5.31. The summed E-state index contributed by atoms with van der Waals surface area (Å²) in [7, 11) is -3.49. The van der Waals surface area contributed by atoms with Crippen molar-refractivity contribution >= 4 is 21.8 Å². The van der Waals surface area contributed by atoms with Crippen LogP contribution in [0.1, 0.15) is 25.7 Å². The Morgan fingerprint density at radius 3 is 2.43 bits per heavy atom. The van der Waals surface area contributed by atoms with E-state index in [1.165, 1.54) is 0 Å². The first-order valence-electron chi connectivity index (χ1n) is 7.66. The molecular formula is C16H19N3O2S2. The predicted octanol–water partition coefficient (Wildman–Crippen LogP) is 2.86. The van der Waals surface area contributed by atoms with Gasteiger partial charge >= 0.3 is 0 Å². The molecular weight excluding hydrogens is 330 g/mol. The lowest BCUT2D eigenvalue weighted by molar-refractivity contribution is 0.422. The van der Waals surface area contributed by atoms with Crippen LogP contribution in [0.15, 0.2) is 58.8 Å². The molecule has 2 atom stereocenters. The molecule has 3 rings (SSSR count). The van der Waals surface area contributed by atoms with Gasteiger partial charge in [-0.25, -0.2) is 23.1 Å². The van der Waals surface area contributed by atoms with Crippen molar-refractivity contribution < 1.29 is 8.42 Å². The predicted molar refractivity (Wildman–Crippen MR) is 90.7 cm³/mol. The van der Waals surface area contributed by atoms with Crippen molar-refractivity contribution in [3.63, 3.8) is 0 Å². The van der Waals surface area contributed by atoms with Crippen LogP contribution in [0.2, 0.25) is 0 Å². The van der Waals surface area contributed by atoms with Crippen LogP contribution in [-0.2, 0) is 10.0 Å². The zero-order valence-electron chi connectivity index (χ0n) is 12.6. The van der Waals surface area contributed by atoms with E-state index in [9.17, 15) is 8.42 Å². The molecule has 0 amide bonds. The lowest BCUT2D eigenvalue weighted by Gasteiger charge is -2.30. The maximum atomic E-state index is 12.5. The van der Waals surface area contributed by atoms with Gasteiger partial charge in [-0.2, -0.15) is 0 Å². The summed E-state index contributed by atoms with van der Waals surface area (Å²) in [5, 5.41) is 0.855. The lowest BCUT2D eigenvalue weighted by Crippen LogP contribution is -2.43. The molecule has 122 valence electrons. The van der Waals surface area contributed by atoms with Gasteiger partial charge in [0.15, 0.2) is 5.16 Å². The smallest absolute Gasteiger partial charge is 0.231 e. The Labute approximate surface area is 141 Å². The van der Waals surface area contributed by atoms with Gasteiger partial charge in [0.05, 0.1) is 4.90 Å². The highest BCUT2D eigenvalue weighted by Gasteiger charge is 2.30. The van der Waals surface area contributed by atoms with Gasteiger partial charge in [0, 0.05) is 23.7 Å². The Balaban J connectivity index is 1.74. The Kier molecular flexibility index (Phi) is 5.30. The Morgan fingerprint density at radius 1 is 1.00 bits per heavy atom. The normalized spacial score (nSPS) is 21.9. The molecule has 0 radical (unpaired) electrons. The number of hydrogen-bond donors (Lipinski definition) is 1. The number of nitrogens with one attached hydrogen (secondary N) is 1. The van der Waals surface area contributed by atoms with E-state index in [1.54, 1.807) is 54.5 Å². The highest BCUT2D eigenvalue weighted by Crippen LogP contribution is 2.32. The molecule has 1 aromatic heterocycles. The molecule has 1 aromatic carbocycles. The van der Waals surface area contributed by atoms with Gasteiger partial charge in [0.2, 0.25) is 10.0 Å². The molecule has 1 saturated carbocycles. The number of sulfonamides is 1. The number of hydrogen-bond acceptors (Lipinski definition) is 5. The van der Waals surface area contributed by atoms with Crippen molar-refractivity contribution in [3.05, 3.63) is 48.8 Å². The van der Waals surface area contributed by atoms with Gasteiger partial charge in [-0.05, 0) is 31.0 Å². The molecule has 0 aliphatic heterocycles. The van der Waals surface area contributed by atoms with Crippen molar-refractivity contribution in [2.24, 2.45) is 0 Å². The average Bonchev–Trinajstić information content (AvgIpc) is 2.58. The maximum Gasteiger partial charge on any atom is 0.240 e. The van der Waals surface area contributed by atoms with E-state index in [0.29, 0.717) is 10.1 Å². The number of rotatable bonds is 5. The van der Waals surface area contributed by atoms with E-state index in [-0.39, 0.29) is 11.3 Å². The summed E-state index contributed by atoms with van der Waals surface area (Å²) in [4.78, 5) is 8.78. The Morgan fingerprint density at radius 2 is 1.70 bits per heavy atom. The fourth-order valence-electron chi connectivity index (χ4n) is 2.72. The van der Waals surface area contributed by atoms with E-state index in [1.807, 2.05) is 6.07 Å². The van der Waals surface area contributed by atoms with Crippen LogP contribution in [0.25, 0.3) is 0 Å². The number of benzene rings is 1. The summed E-state index contributed by atoms with van der Waals surface area (Å²) in [6.07, 6.45) is 7.37. The Hall–Kier alpha value is -1.44. The first-order chi connectivity index (χ1) is 11.1. The maximum absolute atomic E-state index is 12.5. The monoisotopic (exact) mass is 349 g/mol. The van der Waals surface area contributed by atoms with Crippen LogP contribution < -0.4 is 4.72 Å². The van der Waals surface area contributed by atoms with Crippen molar-refractivity contribution in [3.8, 4) is 0 Å². The van der Waals surface area contributed by atoms with Crippen LogP contribution in [0, 0.1) is 0 Å². The molecule has 23 heavy (non-hydrogen) atoms. The molecule has 1 N–H and O–H groups in total. The first kappa shape index (κ1) is 16.4. The van der Waals surface area contributed by atoms with E-state index in [4.69, 9.17) is 0 Å². The second-order valence-electron chi connectivity index (χ2n) is 5.51. The average molecular weight is 349 g/mol. The SMILES string of the molecule is O=S(=O)(N[C@@H]1CCCC[C@H]1Sc1ncccn1)c1ccccc1. The molecule has 1 heterocycles. The third kappa shape index (κ3) is 4.31. The van der Waals surface area contributed by atoms with Crippen molar-refractivity contribution in [1.82, 2.24) is 14.7 Å². The quantitative estimate of drug-likeness (QED) is 0.841. The van der Waals surface area contributed by atoms with Gasteiger partial charge in [0.25, 0.3) is 0 Å². The molecule has 1 fully saturated rings. The van der Waals surface area contributed by atoms with Crippen LogP contribution in [0.3, 0.4) is 0 Å². The topological polar surface area (TPSA) is 72.0 Å². The number of thioether (sulfide) groups is 1. The molecule has 1 aliphatic carbocycles. The van der Waals surface area contributed by atoms with Crippen molar-refractivity contribution in [2.75, 3.05) is 0 Å². The van der Waals surface area contributed by atoms with Crippen molar-refractivity contribution in [2.45, 2.75) is 47.0 Å². The van der Waals surface area contributed by atoms with Crippen LogP contribution in [-0.4, -0.2) is 29.7 Å². The Bertz CT molecular complexity index is 724. The molecule has 2 aromatic rings. The van der Waals surface area contributed by atoms with E-state index < -0.39 is 10.0 Å². The summed E-state index contributed by atoms with van der Waals surface area (Å²) >= 11 is 1.56. The summed E-state index contributed by atoms with van der Waals surface area (Å²) in [5.41, 5.74) is 0. The number of nitrogens with zero attached hydrogens (tertiary/aromatic N) is 2. The zero-order valence-corrected chi connectivity index (χ0v) is 14.3. The third-order valence-corrected chi connectivity index (χ3v) is 6.66. The minimum Gasteiger partial charge on any atom is -0.231 e. The summed E-state index contributed by atoms with van der Waals surface area (Å²) in [6.45, 7) is 0. The molecule has 0 bridgehead atoms. The minimum atomic E-state index is -3.49. The van der Waals surface area contributed by atoms with Gasteiger partial charge in [0.1, 0.15) is 0 Å². The van der Waals surface area contributed by atoms with Crippen LogP contribution >= 0.6 is 11.8 Å². The highest BCUT2D eigenvalue weighted by atomic mass is 32.2. The lowest BCUT2D eigenvalue weighted by atomic mass is 9.96. The molecule has 0 unspecified atom stereocenters. The molecule has 0 spiro atoms. The molecule has 1 aliphatic rings. The summed E-state index contributed by atoms with van der Waals surface area (Å²) in [6, 6.07) is 10.2. The van der Waals surface area contributed by atoms with Crippen LogP contribution in [0.4, 0.5) is 0 Å². The third-order valence-electron chi connectivity index (χ3n) is 3.86. The second-order valence-corrected chi connectivity index (χ2v) is 8.43. The van der Waals surface area contributed by atoms with Gasteiger partial charge in [-0.15, -0.1) is 0 Å². The standard InChI is InChI=1S/C16H19N3O2S2/c20-23(21,13-7-2-1-3-8-13)19-14-9-4-5-10-15(14)22-16-17-11-6-12-18-16/h1-3,6-8,11-12,14-15,19H,4-5,9-10H2/t14-,15-/m1/s1. The number of aromatic nitrogens is 2.